The fourth-order valence-corrected chi connectivity index (χ4v) is 3.87. The number of Topliss-reactive ketones (excluding diaryl/α,β-unsaturated/α-hetero) is 1. The molecule has 0 aliphatic rings. The van der Waals surface area contributed by atoms with Crippen LogP contribution in [0.25, 0.3) is 21.8 Å². The van der Waals surface area contributed by atoms with E-state index >= 15 is 0 Å². The van der Waals surface area contributed by atoms with Gasteiger partial charge < -0.3 is 15.6 Å². The van der Waals surface area contributed by atoms with Crippen molar-refractivity contribution >= 4 is 39.4 Å². The second-order valence-corrected chi connectivity index (χ2v) is 7.22. The number of hydrogen-bond donors (Lipinski definition) is 2. The molecule has 3 N–H and O–H groups in total. The molecule has 1 heterocycles. The van der Waals surface area contributed by atoms with Gasteiger partial charge in [-0.1, -0.05) is 54.6 Å². The van der Waals surface area contributed by atoms with E-state index in [9.17, 15) is 14.4 Å². The Balaban J connectivity index is 1.74. The van der Waals surface area contributed by atoms with E-state index in [0.29, 0.717) is 5.56 Å². The molecule has 0 bridgehead atoms. The summed E-state index contributed by atoms with van der Waals surface area (Å²) in [5, 5.41) is 4.48. The monoisotopic (exact) mass is 399 g/mol. The van der Waals surface area contributed by atoms with E-state index in [1.54, 1.807) is 12.1 Å². The summed E-state index contributed by atoms with van der Waals surface area (Å²) in [5.41, 5.74) is 8.40. The molecule has 0 radical (unpaired) electrons. The highest BCUT2D eigenvalue weighted by Crippen LogP contribution is 2.30. The second-order valence-electron chi connectivity index (χ2n) is 7.22. The number of carbonyl (C=O) groups excluding carboxylic acids is 3. The van der Waals surface area contributed by atoms with Crippen LogP contribution in [0, 0.1) is 0 Å². The zero-order valence-electron chi connectivity index (χ0n) is 16.5. The van der Waals surface area contributed by atoms with Crippen molar-refractivity contribution in [1.29, 1.82) is 0 Å². The number of rotatable bonds is 6. The minimum absolute atomic E-state index is 0.180. The Morgan fingerprint density at radius 2 is 1.57 bits per heavy atom. The third-order valence-electron chi connectivity index (χ3n) is 5.33. The smallest absolute Gasteiger partial charge is 0.287 e. The van der Waals surface area contributed by atoms with Gasteiger partial charge in [0.1, 0.15) is 6.04 Å². The Morgan fingerprint density at radius 1 is 0.900 bits per heavy atom. The van der Waals surface area contributed by atoms with Crippen LogP contribution in [0.3, 0.4) is 0 Å². The molecular formula is C24H21N3O3. The number of nitrogens with one attached hydrogen (secondary N) is 1. The molecule has 6 heteroatoms. The van der Waals surface area contributed by atoms with Gasteiger partial charge in [-0.3, -0.25) is 14.4 Å². The summed E-state index contributed by atoms with van der Waals surface area (Å²) in [7, 11) is 1.95. The van der Waals surface area contributed by atoms with Crippen LogP contribution in [0.2, 0.25) is 0 Å². The number of nitrogens with zero attached hydrogens (tertiary/aromatic N) is 1. The normalized spacial score (nSPS) is 12.0. The van der Waals surface area contributed by atoms with Crippen molar-refractivity contribution in [3.8, 4) is 0 Å². The fourth-order valence-electron chi connectivity index (χ4n) is 3.87. The molecule has 0 saturated heterocycles. The lowest BCUT2D eigenvalue weighted by atomic mass is 10.0. The Hall–Kier alpha value is -3.93. The van der Waals surface area contributed by atoms with Gasteiger partial charge in [0.2, 0.25) is 5.78 Å². The van der Waals surface area contributed by atoms with Crippen molar-refractivity contribution in [2.24, 2.45) is 12.8 Å². The van der Waals surface area contributed by atoms with Gasteiger partial charge in [0.25, 0.3) is 11.8 Å². The van der Waals surface area contributed by atoms with Crippen LogP contribution in [0.5, 0.6) is 0 Å². The van der Waals surface area contributed by atoms with E-state index < -0.39 is 23.6 Å². The lowest BCUT2D eigenvalue weighted by molar-refractivity contribution is -0.137. The average molecular weight is 399 g/mol. The van der Waals surface area contributed by atoms with Crippen LogP contribution in [-0.2, 0) is 23.1 Å². The number of ketones is 1. The minimum atomic E-state index is -1.07. The van der Waals surface area contributed by atoms with Crippen molar-refractivity contribution < 1.29 is 14.4 Å². The first-order valence-corrected chi connectivity index (χ1v) is 9.62. The van der Waals surface area contributed by atoms with E-state index in [1.165, 1.54) is 0 Å². The van der Waals surface area contributed by atoms with Gasteiger partial charge in [-0.25, -0.2) is 0 Å². The maximum atomic E-state index is 13.2. The Bertz CT molecular complexity index is 1280. The van der Waals surface area contributed by atoms with Crippen molar-refractivity contribution in [2.45, 2.75) is 12.5 Å². The molecule has 1 unspecified atom stereocenters. The zero-order valence-corrected chi connectivity index (χ0v) is 16.5. The summed E-state index contributed by atoms with van der Waals surface area (Å²) in [5.74, 6) is -2.32. The highest BCUT2D eigenvalue weighted by molar-refractivity contribution is 6.38. The third kappa shape index (κ3) is 3.43. The first-order chi connectivity index (χ1) is 14.5. The van der Waals surface area contributed by atoms with Gasteiger partial charge >= 0.3 is 0 Å². The average Bonchev–Trinajstić information content (AvgIpc) is 3.06. The first-order valence-electron chi connectivity index (χ1n) is 9.62. The fraction of sp³-hybridized carbons (Fsp3) is 0.125. The number of primary amides is 1. The van der Waals surface area contributed by atoms with Crippen LogP contribution >= 0.6 is 0 Å². The van der Waals surface area contributed by atoms with Gasteiger partial charge in [-0.2, -0.15) is 0 Å². The van der Waals surface area contributed by atoms with Crippen LogP contribution in [0.4, 0.5) is 0 Å². The van der Waals surface area contributed by atoms with E-state index in [2.05, 4.69) is 5.32 Å². The minimum Gasteiger partial charge on any atom is -0.363 e. The summed E-state index contributed by atoms with van der Waals surface area (Å²) in [6, 6.07) is 21.4. The van der Waals surface area contributed by atoms with Crippen LogP contribution in [0.15, 0.2) is 72.8 Å². The van der Waals surface area contributed by atoms with E-state index in [0.717, 1.165) is 27.4 Å². The molecular weight excluding hydrogens is 378 g/mol. The van der Waals surface area contributed by atoms with Crippen molar-refractivity contribution in [3.63, 3.8) is 0 Å². The SMILES string of the molecule is Cn1c2ccccc2c2c(C(=O)NC(Cc3ccccc3)C(=O)C(N)=O)cccc21. The molecule has 0 saturated carbocycles. The maximum Gasteiger partial charge on any atom is 0.287 e. The molecule has 0 fully saturated rings. The molecule has 0 aliphatic carbocycles. The molecule has 3 aromatic carbocycles. The van der Waals surface area contributed by atoms with Crippen molar-refractivity contribution in [3.05, 3.63) is 83.9 Å². The molecule has 0 spiro atoms. The standard InChI is InChI=1S/C24H21N3O3/c1-27-19-12-6-5-10-16(19)21-17(11-7-13-20(21)27)24(30)26-18(22(28)23(25)29)14-15-8-3-2-4-9-15/h2-13,18H,14H2,1H3,(H2,25,29)(H,26,30). The molecule has 4 rings (SSSR count). The van der Waals surface area contributed by atoms with Crippen LogP contribution in [-0.4, -0.2) is 28.2 Å². The number of aromatic nitrogens is 1. The van der Waals surface area contributed by atoms with E-state index in [-0.39, 0.29) is 6.42 Å². The third-order valence-corrected chi connectivity index (χ3v) is 5.33. The second kappa shape index (κ2) is 7.83. The predicted molar refractivity (Wildman–Crippen MR) is 116 cm³/mol. The lowest BCUT2D eigenvalue weighted by Crippen LogP contribution is -2.47. The summed E-state index contributed by atoms with van der Waals surface area (Å²) in [6.07, 6.45) is 0.180. The van der Waals surface area contributed by atoms with Gasteiger partial charge in [-0.05, 0) is 23.8 Å². The highest BCUT2D eigenvalue weighted by atomic mass is 16.2. The number of amides is 2. The van der Waals surface area contributed by atoms with Gasteiger partial charge in [0, 0.05) is 40.8 Å². The summed E-state index contributed by atoms with van der Waals surface area (Å²) in [6.45, 7) is 0. The molecule has 0 aliphatic heterocycles. The predicted octanol–water partition coefficient (Wildman–Crippen LogP) is 2.73. The molecule has 30 heavy (non-hydrogen) atoms. The Morgan fingerprint density at radius 3 is 2.30 bits per heavy atom. The molecule has 4 aromatic rings. The van der Waals surface area contributed by atoms with E-state index in [1.807, 2.05) is 72.3 Å². The topological polar surface area (TPSA) is 94.2 Å². The highest BCUT2D eigenvalue weighted by Gasteiger charge is 2.27. The Kier molecular flexibility index (Phi) is 5.06. The van der Waals surface area contributed by atoms with Gasteiger partial charge in [0.15, 0.2) is 0 Å². The summed E-state index contributed by atoms with van der Waals surface area (Å²) >= 11 is 0. The number of para-hydroxylation sites is 1. The molecule has 2 amide bonds. The summed E-state index contributed by atoms with van der Waals surface area (Å²) in [4.78, 5) is 37.2. The largest absolute Gasteiger partial charge is 0.363 e. The number of hydrogen-bond acceptors (Lipinski definition) is 3. The summed E-state index contributed by atoms with van der Waals surface area (Å²) < 4.78 is 2.03. The number of nitrogens with two attached hydrogens (primary N) is 1. The molecule has 1 atom stereocenters. The van der Waals surface area contributed by atoms with Crippen LogP contribution < -0.4 is 11.1 Å². The quantitative estimate of drug-likeness (QED) is 0.488. The zero-order chi connectivity index (χ0) is 21.3. The molecule has 6 nitrogen and oxygen atoms in total. The van der Waals surface area contributed by atoms with Gasteiger partial charge in [0.05, 0.1) is 0 Å². The number of fused-ring (bicyclic) bond motifs is 3. The lowest BCUT2D eigenvalue weighted by Gasteiger charge is -2.17. The van der Waals surface area contributed by atoms with Crippen molar-refractivity contribution in [2.75, 3.05) is 0 Å². The Labute approximate surface area is 173 Å². The molecule has 1 aromatic heterocycles. The number of carbonyl (C=O) groups is 3. The van der Waals surface area contributed by atoms with Crippen molar-refractivity contribution in [1.82, 2.24) is 9.88 Å². The van der Waals surface area contributed by atoms with Crippen LogP contribution in [0.1, 0.15) is 15.9 Å². The maximum absolute atomic E-state index is 13.2. The molecule has 150 valence electrons. The van der Waals surface area contributed by atoms with Gasteiger partial charge in [-0.15, -0.1) is 0 Å². The van der Waals surface area contributed by atoms with E-state index in [4.69, 9.17) is 5.73 Å². The first kappa shape index (κ1) is 19.4. The number of aryl methyl sites for hydroxylation is 1. The number of benzene rings is 3.